The van der Waals surface area contributed by atoms with Crippen LogP contribution in [0.3, 0.4) is 0 Å². The zero-order valence-electron chi connectivity index (χ0n) is 20.0. The summed E-state index contributed by atoms with van der Waals surface area (Å²) >= 11 is 0. The normalized spacial score (nSPS) is 17.9. The maximum atomic E-state index is 12.6. The van der Waals surface area contributed by atoms with Gasteiger partial charge in [0.1, 0.15) is 5.60 Å². The molecule has 3 atom stereocenters. The lowest BCUT2D eigenvalue weighted by Gasteiger charge is -2.36. The summed E-state index contributed by atoms with van der Waals surface area (Å²) in [4.78, 5) is 12.6. The van der Waals surface area contributed by atoms with Crippen LogP contribution in [0.15, 0.2) is 0 Å². The SMILES string of the molecule is CCC(C)(N)CCOC(C)(C)C(C)CC(C)C(=O)OC(C)(C)CC(C)(C)C. The van der Waals surface area contributed by atoms with Crippen LogP contribution in [0.5, 0.6) is 0 Å². The lowest BCUT2D eigenvalue weighted by molar-refractivity contribution is -0.165. The molecule has 2 N–H and O–H groups in total. The Balaban J connectivity index is 4.64. The molecule has 0 spiro atoms. The summed E-state index contributed by atoms with van der Waals surface area (Å²) in [6.45, 7) is 23.6. The van der Waals surface area contributed by atoms with Gasteiger partial charge in [0.2, 0.25) is 0 Å². The van der Waals surface area contributed by atoms with Crippen molar-refractivity contribution in [2.45, 2.75) is 119 Å². The van der Waals surface area contributed by atoms with Crippen LogP contribution >= 0.6 is 0 Å². The number of hydrogen-bond acceptors (Lipinski definition) is 4. The van der Waals surface area contributed by atoms with Gasteiger partial charge in [0.25, 0.3) is 0 Å². The van der Waals surface area contributed by atoms with Gasteiger partial charge in [-0.25, -0.2) is 0 Å². The van der Waals surface area contributed by atoms with Crippen molar-refractivity contribution in [3.8, 4) is 0 Å². The first-order valence-electron chi connectivity index (χ1n) is 10.6. The fraction of sp³-hybridized carbons (Fsp3) is 0.957. The standard InChI is InChI=1S/C23H47NO3/c1-12-23(11,24)13-14-26-22(9,10)18(3)15-17(2)19(25)27-21(7,8)16-20(4,5)6/h17-18H,12-16,24H2,1-11H3. The lowest BCUT2D eigenvalue weighted by atomic mass is 9.83. The predicted molar refractivity (Wildman–Crippen MR) is 115 cm³/mol. The van der Waals surface area contributed by atoms with Crippen molar-refractivity contribution in [3.63, 3.8) is 0 Å². The molecule has 3 unspecified atom stereocenters. The quantitative estimate of drug-likeness (QED) is 0.462. The molecular formula is C23H47NO3. The average Bonchev–Trinajstić information content (AvgIpc) is 2.43. The Bertz CT molecular complexity index is 461. The van der Waals surface area contributed by atoms with E-state index < -0.39 is 5.60 Å². The number of carbonyl (C=O) groups is 1. The van der Waals surface area contributed by atoms with E-state index in [2.05, 4.69) is 55.4 Å². The first kappa shape index (κ1) is 26.4. The van der Waals surface area contributed by atoms with E-state index >= 15 is 0 Å². The molecule has 0 aromatic rings. The second-order valence-corrected chi connectivity index (χ2v) is 11.2. The molecule has 0 rings (SSSR count). The highest BCUT2D eigenvalue weighted by Gasteiger charge is 2.34. The number of carbonyl (C=O) groups excluding carboxylic acids is 1. The molecule has 4 heteroatoms. The highest BCUT2D eigenvalue weighted by atomic mass is 16.6. The molecule has 0 aliphatic carbocycles. The van der Waals surface area contributed by atoms with Gasteiger partial charge in [-0.05, 0) is 71.6 Å². The Kier molecular flexibility index (Phi) is 9.51. The van der Waals surface area contributed by atoms with Crippen LogP contribution in [0.25, 0.3) is 0 Å². The molecule has 4 nitrogen and oxygen atoms in total. The molecule has 0 radical (unpaired) electrons. The van der Waals surface area contributed by atoms with E-state index in [9.17, 15) is 4.79 Å². The number of esters is 1. The molecule has 0 aromatic heterocycles. The largest absolute Gasteiger partial charge is 0.459 e. The molecule has 27 heavy (non-hydrogen) atoms. The number of rotatable bonds is 11. The third kappa shape index (κ3) is 11.1. The average molecular weight is 386 g/mol. The maximum Gasteiger partial charge on any atom is 0.309 e. The van der Waals surface area contributed by atoms with Crippen molar-refractivity contribution in [2.75, 3.05) is 6.61 Å². The molecule has 0 heterocycles. The summed E-state index contributed by atoms with van der Waals surface area (Å²) in [5, 5.41) is 0. The fourth-order valence-corrected chi connectivity index (χ4v) is 3.46. The van der Waals surface area contributed by atoms with Gasteiger partial charge in [0.05, 0.1) is 11.5 Å². The molecule has 0 amide bonds. The van der Waals surface area contributed by atoms with E-state index in [4.69, 9.17) is 15.2 Å². The van der Waals surface area contributed by atoms with Crippen LogP contribution in [-0.2, 0) is 14.3 Å². The number of hydrogen-bond donors (Lipinski definition) is 1. The highest BCUT2D eigenvalue weighted by Crippen LogP contribution is 2.32. The second kappa shape index (κ2) is 9.73. The topological polar surface area (TPSA) is 61.5 Å². The summed E-state index contributed by atoms with van der Waals surface area (Å²) in [6.07, 6.45) is 3.33. The zero-order valence-corrected chi connectivity index (χ0v) is 20.0. The van der Waals surface area contributed by atoms with E-state index in [0.29, 0.717) is 6.61 Å². The van der Waals surface area contributed by atoms with Crippen molar-refractivity contribution in [2.24, 2.45) is 23.0 Å². The molecule has 0 aliphatic rings. The molecule has 0 bridgehead atoms. The predicted octanol–water partition coefficient (Wildman–Crippen LogP) is 5.72. The van der Waals surface area contributed by atoms with Gasteiger partial charge in [0.15, 0.2) is 0 Å². The van der Waals surface area contributed by atoms with Gasteiger partial charge in [0, 0.05) is 12.1 Å². The Labute approximate surface area is 168 Å². The summed E-state index contributed by atoms with van der Waals surface area (Å²) in [5.41, 5.74) is 5.37. The minimum Gasteiger partial charge on any atom is -0.459 e. The third-order valence-electron chi connectivity index (χ3n) is 5.58. The van der Waals surface area contributed by atoms with Crippen LogP contribution in [-0.4, -0.2) is 29.3 Å². The van der Waals surface area contributed by atoms with Crippen LogP contribution in [0, 0.1) is 17.3 Å². The number of ether oxygens (including phenoxy) is 2. The first-order valence-corrected chi connectivity index (χ1v) is 10.6. The van der Waals surface area contributed by atoms with Gasteiger partial charge in [-0.3, -0.25) is 4.79 Å². The summed E-state index contributed by atoms with van der Waals surface area (Å²) in [7, 11) is 0. The molecule has 0 aromatic carbocycles. The van der Waals surface area contributed by atoms with E-state index in [-0.39, 0.29) is 34.4 Å². The minimum absolute atomic E-state index is 0.117. The van der Waals surface area contributed by atoms with E-state index in [1.54, 1.807) is 0 Å². The first-order chi connectivity index (χ1) is 11.9. The van der Waals surface area contributed by atoms with Crippen LogP contribution < -0.4 is 5.73 Å². The van der Waals surface area contributed by atoms with Crippen molar-refractivity contribution < 1.29 is 14.3 Å². The zero-order chi connectivity index (χ0) is 21.7. The van der Waals surface area contributed by atoms with Crippen LogP contribution in [0.4, 0.5) is 0 Å². The summed E-state index contributed by atoms with van der Waals surface area (Å²) in [5.74, 6) is -0.0404. The van der Waals surface area contributed by atoms with Crippen molar-refractivity contribution in [1.82, 2.24) is 0 Å². The maximum absolute atomic E-state index is 12.6. The smallest absolute Gasteiger partial charge is 0.309 e. The Morgan fingerprint density at radius 1 is 1.00 bits per heavy atom. The van der Waals surface area contributed by atoms with Gasteiger partial charge >= 0.3 is 5.97 Å². The van der Waals surface area contributed by atoms with Crippen LogP contribution in [0.2, 0.25) is 0 Å². The van der Waals surface area contributed by atoms with Gasteiger partial charge in [-0.15, -0.1) is 0 Å². The van der Waals surface area contributed by atoms with Gasteiger partial charge < -0.3 is 15.2 Å². The van der Waals surface area contributed by atoms with E-state index in [0.717, 1.165) is 25.7 Å². The second-order valence-electron chi connectivity index (χ2n) is 11.2. The van der Waals surface area contributed by atoms with Crippen LogP contribution in [0.1, 0.15) is 102 Å². The van der Waals surface area contributed by atoms with E-state index in [1.807, 2.05) is 20.8 Å². The molecule has 0 aliphatic heterocycles. The Morgan fingerprint density at radius 3 is 1.96 bits per heavy atom. The Hall–Kier alpha value is -0.610. The van der Waals surface area contributed by atoms with E-state index in [1.165, 1.54) is 0 Å². The highest BCUT2D eigenvalue weighted by molar-refractivity contribution is 5.72. The lowest BCUT2D eigenvalue weighted by Crippen LogP contribution is -2.40. The van der Waals surface area contributed by atoms with Crippen molar-refractivity contribution >= 4 is 5.97 Å². The molecule has 0 saturated carbocycles. The summed E-state index contributed by atoms with van der Waals surface area (Å²) in [6, 6.07) is 0. The molecule has 0 saturated heterocycles. The fourth-order valence-electron chi connectivity index (χ4n) is 3.46. The van der Waals surface area contributed by atoms with Gasteiger partial charge in [-0.1, -0.05) is 41.5 Å². The molecule has 0 fully saturated rings. The number of nitrogens with two attached hydrogens (primary N) is 1. The minimum atomic E-state index is -0.454. The monoisotopic (exact) mass is 385 g/mol. The summed E-state index contributed by atoms with van der Waals surface area (Å²) < 4.78 is 12.0. The molecular weight excluding hydrogens is 338 g/mol. The van der Waals surface area contributed by atoms with Crippen molar-refractivity contribution in [1.29, 1.82) is 0 Å². The Morgan fingerprint density at radius 2 is 1.52 bits per heavy atom. The third-order valence-corrected chi connectivity index (χ3v) is 5.58. The van der Waals surface area contributed by atoms with Crippen molar-refractivity contribution in [3.05, 3.63) is 0 Å². The molecule has 162 valence electrons. The van der Waals surface area contributed by atoms with Gasteiger partial charge in [-0.2, -0.15) is 0 Å².